The Morgan fingerprint density at radius 3 is 3.00 bits per heavy atom. The fourth-order valence-corrected chi connectivity index (χ4v) is 6.05. The fourth-order valence-electron chi connectivity index (χ4n) is 5.11. The van der Waals surface area contributed by atoms with Crippen molar-refractivity contribution in [2.24, 2.45) is 22.0 Å². The van der Waals surface area contributed by atoms with Crippen LogP contribution in [0.2, 0.25) is 0 Å². The van der Waals surface area contributed by atoms with E-state index in [1.807, 2.05) is 36.9 Å². The molecule has 3 atom stereocenters. The van der Waals surface area contributed by atoms with Gasteiger partial charge in [0.15, 0.2) is 12.2 Å². The van der Waals surface area contributed by atoms with E-state index >= 15 is 0 Å². The van der Waals surface area contributed by atoms with E-state index in [0.717, 1.165) is 65.5 Å². The van der Waals surface area contributed by atoms with Crippen molar-refractivity contribution in [1.29, 1.82) is 5.26 Å². The molecule has 2 saturated heterocycles. The number of rotatable bonds is 6. The van der Waals surface area contributed by atoms with Crippen LogP contribution in [0.1, 0.15) is 36.8 Å². The molecule has 32 heavy (non-hydrogen) atoms. The molecule has 0 N–H and O–H groups in total. The second kappa shape index (κ2) is 9.08. The van der Waals surface area contributed by atoms with Crippen molar-refractivity contribution in [3.05, 3.63) is 47.7 Å². The summed E-state index contributed by atoms with van der Waals surface area (Å²) >= 11 is 1.81. The Balaban J connectivity index is 1.08. The number of nitrogens with zero attached hydrogens (tertiary/aromatic N) is 6. The molecule has 4 heterocycles. The highest BCUT2D eigenvalue weighted by atomic mass is 32.2. The average molecular weight is 449 g/mol. The van der Waals surface area contributed by atoms with Gasteiger partial charge in [0.2, 0.25) is 0 Å². The number of aromatic nitrogens is 1. The van der Waals surface area contributed by atoms with E-state index in [1.54, 1.807) is 0 Å². The number of likely N-dealkylation sites (tertiary alicyclic amines) is 1. The van der Waals surface area contributed by atoms with Gasteiger partial charge in [0.25, 0.3) is 0 Å². The topological polar surface area (TPSA) is 81.0 Å². The van der Waals surface area contributed by atoms with Crippen LogP contribution in [0.15, 0.2) is 45.3 Å². The molecule has 1 unspecified atom stereocenters. The average Bonchev–Trinajstić information content (AvgIpc) is 3.56. The normalized spacial score (nSPS) is 25.0. The first kappa shape index (κ1) is 21.2. The first-order valence-corrected chi connectivity index (χ1v) is 12.3. The minimum absolute atomic E-state index is 0.163. The third-order valence-electron chi connectivity index (χ3n) is 6.81. The number of hydrogen-bond acceptors (Lipinski definition) is 8. The molecule has 8 heteroatoms. The lowest BCUT2D eigenvalue weighted by atomic mass is 10.0. The van der Waals surface area contributed by atoms with Crippen molar-refractivity contribution in [3.8, 4) is 6.07 Å². The van der Waals surface area contributed by atoms with E-state index < -0.39 is 0 Å². The van der Waals surface area contributed by atoms with Crippen LogP contribution < -0.4 is 4.90 Å². The van der Waals surface area contributed by atoms with Gasteiger partial charge in [-0.1, -0.05) is 13.0 Å². The minimum Gasteiger partial charge on any atom is -0.442 e. The predicted octanol–water partition coefficient (Wildman–Crippen LogP) is 3.94. The third-order valence-corrected chi connectivity index (χ3v) is 8.04. The summed E-state index contributed by atoms with van der Waals surface area (Å²) in [6, 6.07) is 10.9. The highest BCUT2D eigenvalue weighted by Gasteiger charge is 2.41. The van der Waals surface area contributed by atoms with Crippen LogP contribution in [0.5, 0.6) is 0 Å². The molecule has 1 aromatic heterocycles. The van der Waals surface area contributed by atoms with Gasteiger partial charge < -0.3 is 14.2 Å². The van der Waals surface area contributed by atoms with Crippen molar-refractivity contribution in [2.45, 2.75) is 32.7 Å². The molecule has 3 aliphatic heterocycles. The van der Waals surface area contributed by atoms with Crippen LogP contribution in [0.4, 0.5) is 5.69 Å². The lowest BCUT2D eigenvalue weighted by Gasteiger charge is -2.27. The van der Waals surface area contributed by atoms with Gasteiger partial charge in [-0.3, -0.25) is 0 Å². The number of thioether (sulfide) groups is 1. The molecular formula is C24H28N6OS. The predicted molar refractivity (Wildman–Crippen MR) is 128 cm³/mol. The zero-order valence-electron chi connectivity index (χ0n) is 18.6. The van der Waals surface area contributed by atoms with E-state index in [4.69, 9.17) is 4.42 Å². The van der Waals surface area contributed by atoms with Gasteiger partial charge in [0.05, 0.1) is 23.2 Å². The monoisotopic (exact) mass is 448 g/mol. The number of hydrogen-bond donors (Lipinski definition) is 0. The lowest BCUT2D eigenvalue weighted by Crippen LogP contribution is -2.35. The minimum atomic E-state index is 0.163. The third kappa shape index (κ3) is 4.07. The Morgan fingerprint density at radius 1 is 1.28 bits per heavy atom. The number of fused-ring (bicyclic) bond motifs is 1. The van der Waals surface area contributed by atoms with Crippen LogP contribution in [-0.2, 0) is 0 Å². The molecule has 7 nitrogen and oxygen atoms in total. The van der Waals surface area contributed by atoms with Crippen molar-refractivity contribution in [1.82, 2.24) is 9.88 Å². The molecule has 3 aliphatic rings. The number of anilines is 1. The van der Waals surface area contributed by atoms with Gasteiger partial charge in [0, 0.05) is 37.1 Å². The fraction of sp³-hybridized carbons (Fsp3) is 0.500. The Morgan fingerprint density at radius 2 is 2.19 bits per heavy atom. The van der Waals surface area contributed by atoms with Gasteiger partial charge in [-0.05, 0) is 50.4 Å². The van der Waals surface area contributed by atoms with Gasteiger partial charge in [-0.15, -0.1) is 16.9 Å². The summed E-state index contributed by atoms with van der Waals surface area (Å²) in [5.74, 6) is 2.69. The van der Waals surface area contributed by atoms with Gasteiger partial charge in [-0.25, -0.2) is 4.98 Å². The Hall–Kier alpha value is -2.63. The van der Waals surface area contributed by atoms with Crippen LogP contribution in [0.25, 0.3) is 0 Å². The summed E-state index contributed by atoms with van der Waals surface area (Å²) in [6.45, 7) is 8.57. The van der Waals surface area contributed by atoms with E-state index in [1.165, 1.54) is 25.0 Å². The van der Waals surface area contributed by atoms with Gasteiger partial charge in [-0.2, -0.15) is 10.4 Å². The number of oxazole rings is 1. The maximum absolute atomic E-state index is 9.22. The summed E-state index contributed by atoms with van der Waals surface area (Å²) < 4.78 is 5.50. The van der Waals surface area contributed by atoms with Crippen molar-refractivity contribution in [3.63, 3.8) is 0 Å². The highest BCUT2D eigenvalue weighted by Crippen LogP contribution is 2.35. The summed E-state index contributed by atoms with van der Waals surface area (Å²) in [5, 5.41) is 19.1. The maximum atomic E-state index is 9.22. The number of aryl methyl sites for hydroxylation is 1. The quantitative estimate of drug-likeness (QED) is 0.623. The molecular weight excluding hydrogens is 420 g/mol. The SMILES string of the molecule is Cc1ncoc1C1=NN=C(SCCCN2C[C@H]3CCN(c4cccc(C#N)c4)[C@H]3C2)C1C. The van der Waals surface area contributed by atoms with Crippen LogP contribution in [-0.4, -0.2) is 58.6 Å². The van der Waals surface area contributed by atoms with Gasteiger partial charge in [0.1, 0.15) is 10.8 Å². The number of nitriles is 1. The highest BCUT2D eigenvalue weighted by molar-refractivity contribution is 8.14. The van der Waals surface area contributed by atoms with Crippen LogP contribution in [0, 0.1) is 30.1 Å². The molecule has 0 saturated carbocycles. The Bertz CT molecular complexity index is 1090. The second-order valence-corrected chi connectivity index (χ2v) is 9.96. The van der Waals surface area contributed by atoms with Crippen LogP contribution in [0.3, 0.4) is 0 Å². The lowest BCUT2D eigenvalue weighted by molar-refractivity contribution is 0.319. The Labute approximate surface area is 193 Å². The van der Waals surface area contributed by atoms with E-state index in [0.29, 0.717) is 6.04 Å². The van der Waals surface area contributed by atoms with E-state index in [2.05, 4.69) is 44.0 Å². The molecule has 0 aliphatic carbocycles. The smallest absolute Gasteiger partial charge is 0.181 e. The molecule has 1 aromatic carbocycles. The summed E-state index contributed by atoms with van der Waals surface area (Å²) in [5.41, 5.74) is 3.69. The number of benzene rings is 1. The largest absolute Gasteiger partial charge is 0.442 e. The zero-order valence-corrected chi connectivity index (χ0v) is 19.4. The molecule has 0 spiro atoms. The summed E-state index contributed by atoms with van der Waals surface area (Å²) in [4.78, 5) is 9.29. The first-order chi connectivity index (χ1) is 15.6. The molecule has 0 radical (unpaired) electrons. The molecule has 2 fully saturated rings. The maximum Gasteiger partial charge on any atom is 0.181 e. The first-order valence-electron chi connectivity index (χ1n) is 11.3. The second-order valence-electron chi connectivity index (χ2n) is 8.85. The van der Waals surface area contributed by atoms with Crippen molar-refractivity contribution in [2.75, 3.05) is 36.8 Å². The summed E-state index contributed by atoms with van der Waals surface area (Å²) in [7, 11) is 0. The van der Waals surface area contributed by atoms with E-state index in [-0.39, 0.29) is 5.92 Å². The molecule has 166 valence electrons. The van der Waals surface area contributed by atoms with Crippen LogP contribution >= 0.6 is 11.8 Å². The molecule has 0 bridgehead atoms. The standard InChI is InChI=1S/C24H28N6OS/c1-16-22(23-17(2)26-15-31-23)27-28-24(16)32-10-4-8-29-13-19-7-9-30(21(19)14-29)20-6-3-5-18(11-20)12-25/h3,5-6,11,15-16,19,21H,4,7-10,13-14H2,1-2H3/t16?,19-,21+/m1/s1. The van der Waals surface area contributed by atoms with Gasteiger partial charge >= 0.3 is 0 Å². The molecule has 0 amide bonds. The Kier molecular flexibility index (Phi) is 6.03. The van der Waals surface area contributed by atoms with Crippen molar-refractivity contribution >= 4 is 28.2 Å². The summed E-state index contributed by atoms with van der Waals surface area (Å²) in [6.07, 6.45) is 3.84. The molecule has 2 aromatic rings. The van der Waals surface area contributed by atoms with Crippen molar-refractivity contribution < 1.29 is 4.42 Å². The van der Waals surface area contributed by atoms with E-state index in [9.17, 15) is 5.26 Å². The molecule has 5 rings (SSSR count). The zero-order chi connectivity index (χ0) is 22.1.